The molecule has 3 N–H and O–H groups in total. The number of ether oxygens (including phenoxy) is 1. The van der Waals surface area contributed by atoms with Crippen LogP contribution in [-0.4, -0.2) is 33.1 Å². The van der Waals surface area contributed by atoms with Crippen molar-refractivity contribution in [1.29, 1.82) is 0 Å². The average Bonchev–Trinajstić information content (AvgIpc) is 3.06. The van der Waals surface area contributed by atoms with Crippen LogP contribution in [0.3, 0.4) is 0 Å². The Morgan fingerprint density at radius 1 is 1.32 bits per heavy atom. The Morgan fingerprint density at radius 2 is 2.11 bits per heavy atom. The molecule has 1 aromatic heterocycles. The third kappa shape index (κ3) is 4.76. The highest BCUT2D eigenvalue weighted by Crippen LogP contribution is 2.23. The van der Waals surface area contributed by atoms with Crippen molar-refractivity contribution in [3.05, 3.63) is 69.8 Å². The number of nitrogens with two attached hydrogens (primary N) is 1. The predicted molar refractivity (Wildman–Crippen MR) is 107 cm³/mol. The summed E-state index contributed by atoms with van der Waals surface area (Å²) >= 11 is 1.43. The molecule has 3 aromatic rings. The fourth-order valence-electron chi connectivity index (χ4n) is 2.20. The standard InChI is InChI=1S/C17H17N7O3S/c1-27-15-7-5-12(6-8-15)11-28-17-22-21-16(23(17)18)20-19-10-13-3-2-4-14(9-13)24(25)26/h2-10H,11,18H2,1H3,(H,20,21)/b19-10+. The highest BCUT2D eigenvalue weighted by atomic mass is 32.2. The summed E-state index contributed by atoms with van der Waals surface area (Å²) in [6, 6.07) is 13.8. The number of hydrazone groups is 1. The van der Waals surface area contributed by atoms with Crippen molar-refractivity contribution in [3.8, 4) is 5.75 Å². The van der Waals surface area contributed by atoms with Gasteiger partial charge in [0.15, 0.2) is 0 Å². The Balaban J connectivity index is 1.59. The van der Waals surface area contributed by atoms with Crippen molar-refractivity contribution >= 4 is 29.6 Å². The zero-order chi connectivity index (χ0) is 19.9. The molecule has 0 aliphatic carbocycles. The highest BCUT2D eigenvalue weighted by molar-refractivity contribution is 7.98. The van der Waals surface area contributed by atoms with Gasteiger partial charge in [-0.15, -0.1) is 10.2 Å². The van der Waals surface area contributed by atoms with Gasteiger partial charge in [-0.05, 0) is 17.7 Å². The molecule has 0 saturated heterocycles. The molecule has 3 rings (SSSR count). The largest absolute Gasteiger partial charge is 0.497 e. The normalized spacial score (nSPS) is 10.9. The van der Waals surface area contributed by atoms with Crippen molar-refractivity contribution in [2.45, 2.75) is 10.9 Å². The summed E-state index contributed by atoms with van der Waals surface area (Å²) in [4.78, 5) is 10.3. The lowest BCUT2D eigenvalue weighted by Gasteiger charge is -2.04. The predicted octanol–water partition coefficient (Wildman–Crippen LogP) is 2.65. The van der Waals surface area contributed by atoms with Gasteiger partial charge >= 0.3 is 0 Å². The van der Waals surface area contributed by atoms with Crippen LogP contribution in [0, 0.1) is 10.1 Å². The minimum Gasteiger partial charge on any atom is -0.497 e. The first-order valence-corrected chi connectivity index (χ1v) is 9.05. The molecule has 0 atom stereocenters. The third-order valence-electron chi connectivity index (χ3n) is 3.65. The molecule has 0 aliphatic rings. The molecule has 1 heterocycles. The molecule has 10 nitrogen and oxygen atoms in total. The third-order valence-corrected chi connectivity index (χ3v) is 4.66. The van der Waals surface area contributed by atoms with Crippen LogP contribution >= 0.6 is 11.8 Å². The summed E-state index contributed by atoms with van der Waals surface area (Å²) in [5, 5.41) is 23.3. The summed E-state index contributed by atoms with van der Waals surface area (Å²) in [5.41, 5.74) is 4.33. The van der Waals surface area contributed by atoms with E-state index in [4.69, 9.17) is 10.6 Å². The molecule has 0 fully saturated rings. The summed E-state index contributed by atoms with van der Waals surface area (Å²) < 4.78 is 6.42. The van der Waals surface area contributed by atoms with Crippen LogP contribution in [0.25, 0.3) is 0 Å². The number of benzene rings is 2. The maximum Gasteiger partial charge on any atom is 0.270 e. The van der Waals surface area contributed by atoms with Crippen molar-refractivity contribution in [1.82, 2.24) is 14.9 Å². The van der Waals surface area contributed by atoms with E-state index in [9.17, 15) is 10.1 Å². The van der Waals surface area contributed by atoms with E-state index in [1.54, 1.807) is 19.2 Å². The van der Waals surface area contributed by atoms with E-state index in [1.165, 1.54) is 34.8 Å². The molecule has 11 heteroatoms. The van der Waals surface area contributed by atoms with E-state index in [0.717, 1.165) is 11.3 Å². The van der Waals surface area contributed by atoms with E-state index in [1.807, 2.05) is 24.3 Å². The SMILES string of the molecule is COc1ccc(CSc2nnc(N/N=C/c3cccc([N+](=O)[O-])c3)n2N)cc1. The average molecular weight is 399 g/mol. The van der Waals surface area contributed by atoms with Gasteiger partial charge in [-0.25, -0.2) is 10.1 Å². The lowest BCUT2D eigenvalue weighted by atomic mass is 10.2. The van der Waals surface area contributed by atoms with Crippen LogP contribution in [0.2, 0.25) is 0 Å². The van der Waals surface area contributed by atoms with Gasteiger partial charge in [0.25, 0.3) is 11.6 Å². The molecular formula is C17H17N7O3S. The second-order valence-electron chi connectivity index (χ2n) is 5.54. The number of hydrogen-bond acceptors (Lipinski definition) is 9. The van der Waals surface area contributed by atoms with Crippen LogP contribution in [0.5, 0.6) is 5.75 Å². The van der Waals surface area contributed by atoms with Gasteiger partial charge in [0, 0.05) is 23.4 Å². The van der Waals surface area contributed by atoms with E-state index in [-0.39, 0.29) is 11.6 Å². The van der Waals surface area contributed by atoms with Crippen LogP contribution in [-0.2, 0) is 5.75 Å². The number of nitrogen functional groups attached to an aromatic ring is 1. The molecule has 0 unspecified atom stereocenters. The highest BCUT2D eigenvalue weighted by Gasteiger charge is 2.10. The van der Waals surface area contributed by atoms with E-state index in [2.05, 4.69) is 20.7 Å². The van der Waals surface area contributed by atoms with Gasteiger partial charge in [0.1, 0.15) is 5.75 Å². The topological polar surface area (TPSA) is 133 Å². The minimum absolute atomic E-state index is 0.0110. The zero-order valence-corrected chi connectivity index (χ0v) is 15.7. The number of nitrogens with zero attached hydrogens (tertiary/aromatic N) is 5. The van der Waals surface area contributed by atoms with Crippen LogP contribution in [0.15, 0.2) is 58.8 Å². The summed E-state index contributed by atoms with van der Waals surface area (Å²) in [6.45, 7) is 0. The number of aromatic nitrogens is 3. The van der Waals surface area contributed by atoms with Crippen molar-refractivity contribution in [2.24, 2.45) is 5.10 Å². The smallest absolute Gasteiger partial charge is 0.270 e. The number of anilines is 1. The summed E-state index contributed by atoms with van der Waals surface area (Å²) in [6.07, 6.45) is 1.44. The molecule has 0 bridgehead atoms. The molecule has 144 valence electrons. The number of methoxy groups -OCH3 is 1. The Labute approximate surface area is 164 Å². The number of hydrogen-bond donors (Lipinski definition) is 2. The minimum atomic E-state index is -0.465. The first-order chi connectivity index (χ1) is 13.6. The van der Waals surface area contributed by atoms with Gasteiger partial charge in [-0.1, -0.05) is 36.0 Å². The molecule has 0 aliphatic heterocycles. The molecule has 0 radical (unpaired) electrons. The van der Waals surface area contributed by atoms with Gasteiger partial charge in [0.05, 0.1) is 18.2 Å². The lowest BCUT2D eigenvalue weighted by molar-refractivity contribution is -0.384. The molecule has 2 aromatic carbocycles. The van der Waals surface area contributed by atoms with Crippen LogP contribution < -0.4 is 16.0 Å². The fraction of sp³-hybridized carbons (Fsp3) is 0.118. The van der Waals surface area contributed by atoms with E-state index >= 15 is 0 Å². The van der Waals surface area contributed by atoms with E-state index in [0.29, 0.717) is 16.5 Å². The maximum atomic E-state index is 10.8. The van der Waals surface area contributed by atoms with Crippen LogP contribution in [0.4, 0.5) is 11.6 Å². The Hall–Kier alpha value is -3.60. The van der Waals surface area contributed by atoms with Gasteiger partial charge in [-0.3, -0.25) is 10.1 Å². The molecule has 0 amide bonds. The molecular weight excluding hydrogens is 382 g/mol. The second-order valence-corrected chi connectivity index (χ2v) is 6.48. The Morgan fingerprint density at radius 3 is 2.82 bits per heavy atom. The lowest BCUT2D eigenvalue weighted by Crippen LogP contribution is -2.13. The second kappa shape index (κ2) is 8.86. The summed E-state index contributed by atoms with van der Waals surface area (Å²) in [5.74, 6) is 7.69. The number of nitro benzene ring substituents is 1. The van der Waals surface area contributed by atoms with Gasteiger partial charge in [-0.2, -0.15) is 5.10 Å². The van der Waals surface area contributed by atoms with Crippen molar-refractivity contribution in [3.63, 3.8) is 0 Å². The number of nitrogens with one attached hydrogen (secondary N) is 1. The number of nitro groups is 1. The summed E-state index contributed by atoms with van der Waals surface area (Å²) in [7, 11) is 1.62. The van der Waals surface area contributed by atoms with Crippen LogP contribution in [0.1, 0.15) is 11.1 Å². The number of rotatable bonds is 8. The van der Waals surface area contributed by atoms with E-state index < -0.39 is 4.92 Å². The molecule has 0 spiro atoms. The Bertz CT molecular complexity index is 989. The first kappa shape index (κ1) is 19.2. The first-order valence-electron chi connectivity index (χ1n) is 8.06. The van der Waals surface area contributed by atoms with Crippen molar-refractivity contribution in [2.75, 3.05) is 18.4 Å². The number of thioether (sulfide) groups is 1. The van der Waals surface area contributed by atoms with Crippen molar-refractivity contribution < 1.29 is 9.66 Å². The number of non-ortho nitro benzene ring substituents is 1. The quantitative estimate of drug-likeness (QED) is 0.194. The monoisotopic (exact) mass is 399 g/mol. The maximum absolute atomic E-state index is 10.8. The molecule has 28 heavy (non-hydrogen) atoms. The van der Waals surface area contributed by atoms with Gasteiger partial charge < -0.3 is 10.6 Å². The fourth-order valence-corrected chi connectivity index (χ4v) is 3.02. The zero-order valence-electron chi connectivity index (χ0n) is 14.8. The molecule has 0 saturated carbocycles. The van der Waals surface area contributed by atoms with Gasteiger partial charge in [0.2, 0.25) is 5.16 Å². The Kier molecular flexibility index (Phi) is 6.07.